The summed E-state index contributed by atoms with van der Waals surface area (Å²) in [5.41, 5.74) is 0.753. The van der Waals surface area contributed by atoms with Gasteiger partial charge in [0.1, 0.15) is 18.5 Å². The van der Waals surface area contributed by atoms with E-state index in [9.17, 15) is 18.0 Å². The normalized spacial score (nSPS) is 16.8. The van der Waals surface area contributed by atoms with Gasteiger partial charge < -0.3 is 19.7 Å². The van der Waals surface area contributed by atoms with Crippen LogP contribution in [0.4, 0.5) is 19.0 Å². The molecule has 0 aromatic carbocycles. The van der Waals surface area contributed by atoms with E-state index in [-0.39, 0.29) is 6.54 Å². The highest BCUT2D eigenvalue weighted by Gasteiger charge is 2.29. The molecule has 0 radical (unpaired) electrons. The second kappa shape index (κ2) is 8.29. The summed E-state index contributed by atoms with van der Waals surface area (Å²) in [5.74, 6) is 0.228. The maximum Gasteiger partial charge on any atom is 0.411 e. The molecule has 1 unspecified atom stereocenters. The number of carbonyl (C=O) groups is 1. The number of alkyl halides is 3. The Morgan fingerprint density at radius 2 is 2.12 bits per heavy atom. The van der Waals surface area contributed by atoms with Crippen LogP contribution >= 0.6 is 0 Å². The van der Waals surface area contributed by atoms with E-state index in [4.69, 9.17) is 4.74 Å². The number of ether oxygens (including phenoxy) is 2. The zero-order valence-electron chi connectivity index (χ0n) is 13.3. The highest BCUT2D eigenvalue weighted by Crippen LogP contribution is 2.16. The summed E-state index contributed by atoms with van der Waals surface area (Å²) >= 11 is 0. The van der Waals surface area contributed by atoms with Crippen LogP contribution in [0.2, 0.25) is 0 Å². The summed E-state index contributed by atoms with van der Waals surface area (Å²) in [6.45, 7) is 2.88. The number of hydrogen-bond acceptors (Lipinski definition) is 5. The summed E-state index contributed by atoms with van der Waals surface area (Å²) in [6, 6.07) is 3.66. The number of nitrogens with zero attached hydrogens (tertiary/aromatic N) is 2. The molecular formula is C15H20F3N3O3. The number of anilines is 1. The molecule has 24 heavy (non-hydrogen) atoms. The van der Waals surface area contributed by atoms with Crippen molar-refractivity contribution in [2.75, 3.05) is 37.8 Å². The van der Waals surface area contributed by atoms with Crippen LogP contribution in [0.3, 0.4) is 0 Å². The lowest BCUT2D eigenvalue weighted by Crippen LogP contribution is -2.37. The van der Waals surface area contributed by atoms with Crippen molar-refractivity contribution in [3.05, 3.63) is 23.9 Å². The van der Waals surface area contributed by atoms with E-state index in [1.54, 1.807) is 6.20 Å². The molecule has 2 heterocycles. The van der Waals surface area contributed by atoms with E-state index in [1.807, 2.05) is 12.1 Å². The minimum Gasteiger partial charge on any atom is -0.378 e. The van der Waals surface area contributed by atoms with Gasteiger partial charge in [-0.2, -0.15) is 13.2 Å². The molecule has 6 nitrogen and oxygen atoms in total. The van der Waals surface area contributed by atoms with Crippen LogP contribution < -0.4 is 10.2 Å². The topological polar surface area (TPSA) is 63.7 Å². The Morgan fingerprint density at radius 1 is 1.42 bits per heavy atom. The molecule has 1 saturated heterocycles. The third-order valence-electron chi connectivity index (χ3n) is 3.48. The highest BCUT2D eigenvalue weighted by atomic mass is 19.4. The average Bonchev–Trinajstić information content (AvgIpc) is 2.58. The first kappa shape index (κ1) is 18.5. The number of hydrogen-bond donors (Lipinski definition) is 1. The third-order valence-corrected chi connectivity index (χ3v) is 3.48. The number of nitrogens with one attached hydrogen (secondary N) is 1. The maximum atomic E-state index is 12.0. The van der Waals surface area contributed by atoms with Gasteiger partial charge in [0.25, 0.3) is 0 Å². The lowest BCUT2D eigenvalue weighted by Gasteiger charge is -2.27. The molecule has 1 aliphatic rings. The maximum absolute atomic E-state index is 12.0. The Kier molecular flexibility index (Phi) is 6.38. The molecule has 0 bridgehead atoms. The van der Waals surface area contributed by atoms with Gasteiger partial charge >= 0.3 is 6.18 Å². The van der Waals surface area contributed by atoms with Crippen LogP contribution in [-0.2, 0) is 20.8 Å². The predicted molar refractivity (Wildman–Crippen MR) is 80.6 cm³/mol. The lowest BCUT2D eigenvalue weighted by molar-refractivity contribution is -0.185. The first-order chi connectivity index (χ1) is 11.3. The largest absolute Gasteiger partial charge is 0.411 e. The van der Waals surface area contributed by atoms with Crippen molar-refractivity contribution in [2.24, 2.45) is 0 Å². The van der Waals surface area contributed by atoms with Gasteiger partial charge in [0.05, 0.1) is 13.2 Å². The molecule has 134 valence electrons. The van der Waals surface area contributed by atoms with Gasteiger partial charge in [-0.25, -0.2) is 4.98 Å². The second-order valence-corrected chi connectivity index (χ2v) is 5.41. The number of morpholine rings is 1. The quantitative estimate of drug-likeness (QED) is 0.845. The van der Waals surface area contributed by atoms with Crippen molar-refractivity contribution in [3.8, 4) is 0 Å². The molecule has 9 heteroatoms. The van der Waals surface area contributed by atoms with Gasteiger partial charge in [0, 0.05) is 25.8 Å². The number of aromatic nitrogens is 1. The van der Waals surface area contributed by atoms with Crippen molar-refractivity contribution in [1.29, 1.82) is 0 Å². The summed E-state index contributed by atoms with van der Waals surface area (Å²) in [4.78, 5) is 18.1. The summed E-state index contributed by atoms with van der Waals surface area (Å²) in [5, 5.41) is 2.53. The van der Waals surface area contributed by atoms with Crippen molar-refractivity contribution in [1.82, 2.24) is 10.3 Å². The molecule has 1 fully saturated rings. The Bertz CT molecular complexity index is 531. The van der Waals surface area contributed by atoms with Gasteiger partial charge in [-0.15, -0.1) is 0 Å². The number of halogens is 3. The van der Waals surface area contributed by atoms with Crippen molar-refractivity contribution in [2.45, 2.75) is 25.7 Å². The molecule has 1 N–H and O–H groups in total. The van der Waals surface area contributed by atoms with E-state index in [2.05, 4.69) is 19.9 Å². The summed E-state index contributed by atoms with van der Waals surface area (Å²) < 4.78 is 45.9. The predicted octanol–water partition coefficient (Wildman–Crippen LogP) is 1.50. The summed E-state index contributed by atoms with van der Waals surface area (Å²) in [6.07, 6.45) is -3.99. The Balaban J connectivity index is 1.78. The van der Waals surface area contributed by atoms with Gasteiger partial charge in [-0.3, -0.25) is 4.79 Å². The number of rotatable bonds is 6. The number of amides is 1. The van der Waals surface area contributed by atoms with E-state index >= 15 is 0 Å². The fourth-order valence-corrected chi connectivity index (χ4v) is 2.13. The molecule has 1 atom stereocenters. The van der Waals surface area contributed by atoms with Crippen LogP contribution in [0, 0.1) is 0 Å². The molecule has 0 saturated carbocycles. The molecule has 1 aromatic rings. The van der Waals surface area contributed by atoms with Gasteiger partial charge in [0.15, 0.2) is 0 Å². The number of pyridine rings is 1. The van der Waals surface area contributed by atoms with Crippen molar-refractivity contribution in [3.63, 3.8) is 0 Å². The molecule has 0 spiro atoms. The van der Waals surface area contributed by atoms with Crippen LogP contribution in [0.1, 0.15) is 12.5 Å². The fourth-order valence-electron chi connectivity index (χ4n) is 2.13. The van der Waals surface area contributed by atoms with Crippen LogP contribution in [0.15, 0.2) is 18.3 Å². The fraction of sp³-hybridized carbons (Fsp3) is 0.600. The zero-order chi connectivity index (χ0) is 17.6. The van der Waals surface area contributed by atoms with Gasteiger partial charge in [0.2, 0.25) is 5.91 Å². The smallest absolute Gasteiger partial charge is 0.378 e. The molecule has 1 aromatic heterocycles. The molecular weight excluding hydrogens is 327 g/mol. The molecule has 1 aliphatic heterocycles. The van der Waals surface area contributed by atoms with Crippen molar-refractivity contribution < 1.29 is 27.4 Å². The monoisotopic (exact) mass is 347 g/mol. The van der Waals surface area contributed by atoms with Crippen LogP contribution in [0.25, 0.3) is 0 Å². The van der Waals surface area contributed by atoms with Crippen LogP contribution in [-0.4, -0.2) is 56.1 Å². The lowest BCUT2D eigenvalue weighted by atomic mass is 10.2. The second-order valence-electron chi connectivity index (χ2n) is 5.41. The number of carbonyl (C=O) groups excluding carboxylic acids is 1. The molecule has 2 rings (SSSR count). The minimum absolute atomic E-state index is 0.176. The Hall–Kier alpha value is -1.87. The first-order valence-electron chi connectivity index (χ1n) is 7.59. The minimum atomic E-state index is -4.45. The van der Waals surface area contributed by atoms with E-state index in [0.717, 1.165) is 24.5 Å². The van der Waals surface area contributed by atoms with Gasteiger partial charge in [-0.1, -0.05) is 6.07 Å². The average molecular weight is 347 g/mol. The molecule has 1 amide bonds. The highest BCUT2D eigenvalue weighted by molar-refractivity contribution is 5.80. The van der Waals surface area contributed by atoms with E-state index in [0.29, 0.717) is 13.2 Å². The standard InChI is InChI=1S/C15H20F3N3O3/c1-11(24-10-15(16,17)18)14(22)20-9-12-2-3-13(19-8-12)21-4-6-23-7-5-21/h2-3,8,11H,4-7,9-10H2,1H3,(H,20,22). The Morgan fingerprint density at radius 3 is 2.71 bits per heavy atom. The zero-order valence-corrected chi connectivity index (χ0v) is 13.3. The first-order valence-corrected chi connectivity index (χ1v) is 7.59. The Labute approximate surface area is 137 Å². The SMILES string of the molecule is CC(OCC(F)(F)F)C(=O)NCc1ccc(N2CCOCC2)nc1. The van der Waals surface area contributed by atoms with Gasteiger partial charge in [-0.05, 0) is 18.6 Å². The van der Waals surface area contributed by atoms with Crippen LogP contribution in [0.5, 0.6) is 0 Å². The van der Waals surface area contributed by atoms with Crippen molar-refractivity contribution >= 4 is 11.7 Å². The summed E-state index contributed by atoms with van der Waals surface area (Å²) in [7, 11) is 0. The van der Waals surface area contributed by atoms with E-state index in [1.165, 1.54) is 6.92 Å². The molecule has 0 aliphatic carbocycles. The van der Waals surface area contributed by atoms with E-state index < -0.39 is 24.8 Å². The third kappa shape index (κ3) is 5.97.